The minimum Gasteiger partial charge on any atom is -0.489 e. The molecule has 0 saturated heterocycles. The molecule has 2 rings (SSSR count). The highest BCUT2D eigenvalue weighted by Crippen LogP contribution is 2.19. The lowest BCUT2D eigenvalue weighted by molar-refractivity contribution is 0.217. The van der Waals surface area contributed by atoms with Crippen molar-refractivity contribution in [2.24, 2.45) is 0 Å². The van der Waals surface area contributed by atoms with Gasteiger partial charge in [-0.2, -0.15) is 0 Å². The first-order valence-corrected chi connectivity index (χ1v) is 7.66. The van der Waals surface area contributed by atoms with E-state index in [9.17, 15) is 0 Å². The van der Waals surface area contributed by atoms with Gasteiger partial charge >= 0.3 is 0 Å². The van der Waals surface area contributed by atoms with Gasteiger partial charge in [-0.3, -0.25) is 0 Å². The standard InChI is InChI=1S/C19H25NO/c1-15(2)18-9-11-19(12-10-18)21-16(3)13-20-14-17-7-5-4-6-8-17/h4-12,15-16,20H,13-14H2,1-3H3. The van der Waals surface area contributed by atoms with E-state index < -0.39 is 0 Å². The predicted molar refractivity (Wildman–Crippen MR) is 88.8 cm³/mol. The highest BCUT2D eigenvalue weighted by molar-refractivity contribution is 5.29. The molecule has 1 N–H and O–H groups in total. The van der Waals surface area contributed by atoms with Crippen LogP contribution in [0.1, 0.15) is 37.8 Å². The Labute approximate surface area is 128 Å². The summed E-state index contributed by atoms with van der Waals surface area (Å²) >= 11 is 0. The fourth-order valence-electron chi connectivity index (χ4n) is 2.22. The van der Waals surface area contributed by atoms with Crippen LogP contribution in [0.15, 0.2) is 54.6 Å². The van der Waals surface area contributed by atoms with Crippen molar-refractivity contribution in [1.82, 2.24) is 5.32 Å². The maximum absolute atomic E-state index is 5.92. The molecule has 0 bridgehead atoms. The molecule has 2 heteroatoms. The van der Waals surface area contributed by atoms with E-state index in [1.165, 1.54) is 11.1 Å². The van der Waals surface area contributed by atoms with Gasteiger partial charge < -0.3 is 10.1 Å². The lowest BCUT2D eigenvalue weighted by atomic mass is 10.0. The zero-order chi connectivity index (χ0) is 15.1. The minimum atomic E-state index is 0.151. The van der Waals surface area contributed by atoms with Crippen LogP contribution < -0.4 is 10.1 Å². The van der Waals surface area contributed by atoms with Gasteiger partial charge in [-0.05, 0) is 36.1 Å². The summed E-state index contributed by atoms with van der Waals surface area (Å²) in [5, 5.41) is 3.43. The maximum atomic E-state index is 5.92. The van der Waals surface area contributed by atoms with Crippen molar-refractivity contribution < 1.29 is 4.74 Å². The van der Waals surface area contributed by atoms with Crippen molar-refractivity contribution in [2.45, 2.75) is 39.3 Å². The Hall–Kier alpha value is -1.80. The first-order chi connectivity index (χ1) is 10.1. The van der Waals surface area contributed by atoms with Crippen LogP contribution in [0.2, 0.25) is 0 Å². The third-order valence-corrected chi connectivity index (χ3v) is 3.49. The SMILES string of the molecule is CC(CNCc1ccccc1)Oc1ccc(C(C)C)cc1. The van der Waals surface area contributed by atoms with Gasteiger partial charge in [0.05, 0.1) is 0 Å². The number of rotatable bonds is 7. The van der Waals surface area contributed by atoms with E-state index in [0.717, 1.165) is 18.8 Å². The van der Waals surface area contributed by atoms with Crippen LogP contribution in [0.5, 0.6) is 5.75 Å². The molecule has 0 fully saturated rings. The molecule has 0 spiro atoms. The van der Waals surface area contributed by atoms with E-state index in [4.69, 9.17) is 4.74 Å². The molecule has 0 aliphatic carbocycles. The Bertz CT molecular complexity index is 519. The van der Waals surface area contributed by atoms with E-state index in [-0.39, 0.29) is 6.10 Å². The Kier molecular flexibility index (Phi) is 5.82. The average molecular weight is 283 g/mol. The Morgan fingerprint density at radius 1 is 0.905 bits per heavy atom. The van der Waals surface area contributed by atoms with Crippen molar-refractivity contribution in [2.75, 3.05) is 6.54 Å². The largest absolute Gasteiger partial charge is 0.489 e. The maximum Gasteiger partial charge on any atom is 0.119 e. The van der Waals surface area contributed by atoms with Gasteiger partial charge in [-0.1, -0.05) is 56.3 Å². The second-order valence-corrected chi connectivity index (χ2v) is 5.77. The van der Waals surface area contributed by atoms with E-state index in [1.54, 1.807) is 0 Å². The van der Waals surface area contributed by atoms with Crippen molar-refractivity contribution in [3.8, 4) is 5.75 Å². The van der Waals surface area contributed by atoms with Gasteiger partial charge in [0, 0.05) is 13.1 Å². The quantitative estimate of drug-likeness (QED) is 0.815. The normalized spacial score (nSPS) is 12.4. The van der Waals surface area contributed by atoms with Crippen molar-refractivity contribution in [3.05, 3.63) is 65.7 Å². The molecular weight excluding hydrogens is 258 g/mol. The third kappa shape index (κ3) is 5.24. The Morgan fingerprint density at radius 2 is 1.57 bits per heavy atom. The average Bonchev–Trinajstić information content (AvgIpc) is 2.49. The summed E-state index contributed by atoms with van der Waals surface area (Å²) in [6.45, 7) is 8.20. The highest BCUT2D eigenvalue weighted by atomic mass is 16.5. The van der Waals surface area contributed by atoms with Gasteiger partial charge in [0.25, 0.3) is 0 Å². The van der Waals surface area contributed by atoms with Crippen LogP contribution in [-0.4, -0.2) is 12.6 Å². The summed E-state index contributed by atoms with van der Waals surface area (Å²) in [5.74, 6) is 1.50. The van der Waals surface area contributed by atoms with Crippen LogP contribution in [0.3, 0.4) is 0 Å². The van der Waals surface area contributed by atoms with Crippen LogP contribution >= 0.6 is 0 Å². The minimum absolute atomic E-state index is 0.151. The van der Waals surface area contributed by atoms with E-state index in [0.29, 0.717) is 5.92 Å². The first-order valence-electron chi connectivity index (χ1n) is 7.66. The number of hydrogen-bond donors (Lipinski definition) is 1. The number of hydrogen-bond acceptors (Lipinski definition) is 2. The van der Waals surface area contributed by atoms with Crippen molar-refractivity contribution in [3.63, 3.8) is 0 Å². The fraction of sp³-hybridized carbons (Fsp3) is 0.368. The zero-order valence-corrected chi connectivity index (χ0v) is 13.2. The molecule has 1 unspecified atom stereocenters. The van der Waals surface area contributed by atoms with Crippen LogP contribution in [-0.2, 0) is 6.54 Å². The molecule has 2 aromatic carbocycles. The molecule has 0 amide bonds. The summed E-state index contributed by atoms with van der Waals surface area (Å²) in [6, 6.07) is 18.8. The fourth-order valence-corrected chi connectivity index (χ4v) is 2.22. The first kappa shape index (κ1) is 15.6. The molecule has 2 aromatic rings. The van der Waals surface area contributed by atoms with Gasteiger partial charge in [0.1, 0.15) is 11.9 Å². The van der Waals surface area contributed by atoms with E-state index >= 15 is 0 Å². The summed E-state index contributed by atoms with van der Waals surface area (Å²) in [6.07, 6.45) is 0.151. The van der Waals surface area contributed by atoms with E-state index in [1.807, 2.05) is 6.07 Å². The zero-order valence-electron chi connectivity index (χ0n) is 13.2. The molecule has 0 radical (unpaired) electrons. The van der Waals surface area contributed by atoms with Gasteiger partial charge in [-0.25, -0.2) is 0 Å². The molecule has 0 aromatic heterocycles. The van der Waals surface area contributed by atoms with Gasteiger partial charge in [0.15, 0.2) is 0 Å². The molecule has 0 heterocycles. The molecule has 0 aliphatic heterocycles. The highest BCUT2D eigenvalue weighted by Gasteiger charge is 2.05. The molecule has 0 aliphatic rings. The van der Waals surface area contributed by atoms with Crippen LogP contribution in [0.4, 0.5) is 0 Å². The number of benzene rings is 2. The summed E-state index contributed by atoms with van der Waals surface area (Å²) in [4.78, 5) is 0. The summed E-state index contributed by atoms with van der Waals surface area (Å²) in [5.41, 5.74) is 2.64. The number of nitrogens with one attached hydrogen (secondary N) is 1. The number of ether oxygens (including phenoxy) is 1. The Balaban J connectivity index is 1.75. The molecule has 2 nitrogen and oxygen atoms in total. The molecule has 112 valence electrons. The molecule has 21 heavy (non-hydrogen) atoms. The Morgan fingerprint density at radius 3 is 2.19 bits per heavy atom. The topological polar surface area (TPSA) is 21.3 Å². The monoisotopic (exact) mass is 283 g/mol. The molecule has 1 atom stereocenters. The van der Waals surface area contributed by atoms with E-state index in [2.05, 4.69) is 74.6 Å². The van der Waals surface area contributed by atoms with Crippen LogP contribution in [0, 0.1) is 0 Å². The van der Waals surface area contributed by atoms with Crippen molar-refractivity contribution >= 4 is 0 Å². The lowest BCUT2D eigenvalue weighted by Crippen LogP contribution is -2.28. The lowest BCUT2D eigenvalue weighted by Gasteiger charge is -2.16. The van der Waals surface area contributed by atoms with Gasteiger partial charge in [0.2, 0.25) is 0 Å². The second-order valence-electron chi connectivity index (χ2n) is 5.77. The summed E-state index contributed by atoms with van der Waals surface area (Å²) in [7, 11) is 0. The third-order valence-electron chi connectivity index (χ3n) is 3.49. The van der Waals surface area contributed by atoms with Crippen LogP contribution in [0.25, 0.3) is 0 Å². The summed E-state index contributed by atoms with van der Waals surface area (Å²) < 4.78 is 5.92. The van der Waals surface area contributed by atoms with Gasteiger partial charge in [-0.15, -0.1) is 0 Å². The molecular formula is C19H25NO. The van der Waals surface area contributed by atoms with Crippen molar-refractivity contribution in [1.29, 1.82) is 0 Å². The second kappa shape index (κ2) is 7.84. The molecule has 0 saturated carbocycles. The smallest absolute Gasteiger partial charge is 0.119 e. The predicted octanol–water partition coefficient (Wildman–Crippen LogP) is 4.37.